The fourth-order valence-corrected chi connectivity index (χ4v) is 1.36. The summed E-state index contributed by atoms with van der Waals surface area (Å²) in [5, 5.41) is 7.32. The Bertz CT molecular complexity index is 491. The van der Waals surface area contributed by atoms with Gasteiger partial charge in [-0.25, -0.2) is 8.78 Å². The highest BCUT2D eigenvalue weighted by Crippen LogP contribution is 2.21. The Balaban J connectivity index is 2.35. The maximum Gasteiger partial charge on any atom is 0.300 e. The van der Waals surface area contributed by atoms with Crippen LogP contribution in [-0.2, 0) is 6.54 Å². The normalized spacial score (nSPS) is 11.3. The maximum absolute atomic E-state index is 12.2. The van der Waals surface area contributed by atoms with Crippen LogP contribution in [0.4, 0.5) is 8.78 Å². The van der Waals surface area contributed by atoms with Crippen molar-refractivity contribution in [2.45, 2.75) is 26.8 Å². The van der Waals surface area contributed by atoms with E-state index in [0.717, 1.165) is 5.69 Å². The zero-order valence-electron chi connectivity index (χ0n) is 8.81. The molecule has 0 saturated carbocycles. The molecule has 0 amide bonds. The number of alkyl halides is 2. The lowest BCUT2D eigenvalue weighted by atomic mass is 10.4. The lowest BCUT2D eigenvalue weighted by Crippen LogP contribution is -1.98. The van der Waals surface area contributed by atoms with Crippen LogP contribution in [0, 0.1) is 6.92 Å². The minimum atomic E-state index is -2.73. The van der Waals surface area contributed by atoms with Gasteiger partial charge in [-0.2, -0.15) is 10.1 Å². The summed E-state index contributed by atoms with van der Waals surface area (Å²) in [5.41, 5.74) is 1.33. The van der Waals surface area contributed by atoms with Gasteiger partial charge < -0.3 is 4.52 Å². The maximum atomic E-state index is 12.2. The van der Waals surface area contributed by atoms with Gasteiger partial charge in [0.05, 0.1) is 0 Å². The van der Waals surface area contributed by atoms with Crippen molar-refractivity contribution in [3.8, 4) is 11.6 Å². The fourth-order valence-electron chi connectivity index (χ4n) is 1.36. The summed E-state index contributed by atoms with van der Waals surface area (Å²) < 4.78 is 30.9. The Kier molecular flexibility index (Phi) is 2.67. The largest absolute Gasteiger partial charge is 0.332 e. The Morgan fingerprint density at radius 2 is 2.25 bits per heavy atom. The van der Waals surface area contributed by atoms with E-state index in [4.69, 9.17) is 4.52 Å². The number of hydrogen-bond acceptors (Lipinski definition) is 4. The molecule has 2 heterocycles. The minimum Gasteiger partial charge on any atom is -0.332 e. The monoisotopic (exact) mass is 228 g/mol. The molecule has 2 rings (SSSR count). The molecule has 0 aliphatic rings. The van der Waals surface area contributed by atoms with Gasteiger partial charge in [0.25, 0.3) is 5.89 Å². The number of aryl methyl sites for hydroxylation is 2. The number of nitrogens with zero attached hydrogens (tertiary/aromatic N) is 4. The van der Waals surface area contributed by atoms with Crippen molar-refractivity contribution >= 4 is 0 Å². The van der Waals surface area contributed by atoms with Gasteiger partial charge in [0, 0.05) is 12.2 Å². The molecule has 0 aliphatic heterocycles. The van der Waals surface area contributed by atoms with Gasteiger partial charge in [0.15, 0.2) is 5.69 Å². The number of halogens is 2. The molecule has 0 spiro atoms. The summed E-state index contributed by atoms with van der Waals surface area (Å²) in [6, 6.07) is 1.71. The molecule has 0 radical (unpaired) electrons. The van der Waals surface area contributed by atoms with Gasteiger partial charge in [0.2, 0.25) is 5.82 Å². The first-order valence-corrected chi connectivity index (χ1v) is 4.78. The molecule has 16 heavy (non-hydrogen) atoms. The summed E-state index contributed by atoms with van der Waals surface area (Å²) in [4.78, 5) is 3.57. The molecule has 0 saturated heterocycles. The second-order valence-electron chi connectivity index (χ2n) is 3.25. The molecule has 0 N–H and O–H groups in total. The van der Waals surface area contributed by atoms with Gasteiger partial charge in [-0.15, -0.1) is 0 Å². The van der Waals surface area contributed by atoms with Crippen LogP contribution < -0.4 is 0 Å². The number of aromatic nitrogens is 4. The first kappa shape index (κ1) is 10.7. The van der Waals surface area contributed by atoms with Crippen molar-refractivity contribution in [2.75, 3.05) is 0 Å². The van der Waals surface area contributed by atoms with Crippen LogP contribution in [0.3, 0.4) is 0 Å². The van der Waals surface area contributed by atoms with E-state index in [9.17, 15) is 8.78 Å². The number of hydrogen-bond donors (Lipinski definition) is 0. The summed E-state index contributed by atoms with van der Waals surface area (Å²) in [6.07, 6.45) is -2.73. The fraction of sp³-hybridized carbons (Fsp3) is 0.444. The third kappa shape index (κ3) is 1.80. The molecule has 5 nitrogen and oxygen atoms in total. The molecule has 7 heteroatoms. The first-order chi connectivity index (χ1) is 7.61. The van der Waals surface area contributed by atoms with Crippen LogP contribution in [0.1, 0.15) is 24.9 Å². The summed E-state index contributed by atoms with van der Waals surface area (Å²) in [5.74, 6) is -0.593. The Labute approximate surface area is 90.1 Å². The predicted octanol–water partition coefficient (Wildman–Crippen LogP) is 2.20. The van der Waals surface area contributed by atoms with Crippen LogP contribution in [0.25, 0.3) is 11.6 Å². The third-order valence-electron chi connectivity index (χ3n) is 2.14. The molecule has 0 fully saturated rings. The zero-order valence-corrected chi connectivity index (χ0v) is 8.81. The summed E-state index contributed by atoms with van der Waals surface area (Å²) >= 11 is 0. The zero-order chi connectivity index (χ0) is 11.7. The van der Waals surface area contributed by atoms with E-state index in [1.54, 1.807) is 10.7 Å². The lowest BCUT2D eigenvalue weighted by Gasteiger charge is -1.95. The quantitative estimate of drug-likeness (QED) is 0.808. The smallest absolute Gasteiger partial charge is 0.300 e. The Morgan fingerprint density at radius 1 is 1.50 bits per heavy atom. The van der Waals surface area contributed by atoms with Crippen molar-refractivity contribution in [3.05, 3.63) is 17.6 Å². The topological polar surface area (TPSA) is 56.7 Å². The van der Waals surface area contributed by atoms with Crippen molar-refractivity contribution in [3.63, 3.8) is 0 Å². The molecular weight excluding hydrogens is 218 g/mol. The highest BCUT2D eigenvalue weighted by molar-refractivity contribution is 5.46. The molecule has 2 aromatic heterocycles. The van der Waals surface area contributed by atoms with E-state index < -0.39 is 12.2 Å². The molecule has 0 aromatic carbocycles. The highest BCUT2D eigenvalue weighted by atomic mass is 19.3. The first-order valence-electron chi connectivity index (χ1n) is 4.78. The second-order valence-corrected chi connectivity index (χ2v) is 3.25. The van der Waals surface area contributed by atoms with Crippen molar-refractivity contribution in [1.29, 1.82) is 0 Å². The second kappa shape index (κ2) is 3.99. The molecule has 0 aliphatic carbocycles. The number of rotatable bonds is 3. The van der Waals surface area contributed by atoms with Crippen LogP contribution in [0.2, 0.25) is 0 Å². The van der Waals surface area contributed by atoms with Crippen LogP contribution >= 0.6 is 0 Å². The standard InChI is InChI=1S/C9H10F2N4O/c1-3-15-5(2)4-6(13-15)9-12-8(7(10)11)14-16-9/h4,7H,3H2,1-2H3. The predicted molar refractivity (Wildman–Crippen MR) is 50.9 cm³/mol. The Hall–Kier alpha value is -1.79. The molecule has 86 valence electrons. The summed E-state index contributed by atoms with van der Waals surface area (Å²) in [7, 11) is 0. The van der Waals surface area contributed by atoms with E-state index in [0.29, 0.717) is 12.2 Å². The van der Waals surface area contributed by atoms with E-state index in [1.165, 1.54) is 0 Å². The third-order valence-corrected chi connectivity index (χ3v) is 2.14. The Morgan fingerprint density at radius 3 is 2.75 bits per heavy atom. The van der Waals surface area contributed by atoms with Crippen LogP contribution in [-0.4, -0.2) is 19.9 Å². The van der Waals surface area contributed by atoms with Gasteiger partial charge in [-0.3, -0.25) is 4.68 Å². The van der Waals surface area contributed by atoms with E-state index in [-0.39, 0.29) is 5.89 Å². The average molecular weight is 228 g/mol. The van der Waals surface area contributed by atoms with E-state index >= 15 is 0 Å². The van der Waals surface area contributed by atoms with Gasteiger partial charge in [-0.1, -0.05) is 5.16 Å². The SMILES string of the molecule is CCn1nc(-c2nc(C(F)F)no2)cc1C. The van der Waals surface area contributed by atoms with Gasteiger partial charge in [0.1, 0.15) is 0 Å². The van der Waals surface area contributed by atoms with Crippen molar-refractivity contribution in [1.82, 2.24) is 19.9 Å². The van der Waals surface area contributed by atoms with E-state index in [1.807, 2.05) is 13.8 Å². The average Bonchev–Trinajstić information content (AvgIpc) is 2.83. The van der Waals surface area contributed by atoms with Gasteiger partial charge >= 0.3 is 6.43 Å². The minimum absolute atomic E-state index is 0.0191. The van der Waals surface area contributed by atoms with Crippen molar-refractivity contribution < 1.29 is 13.3 Å². The highest BCUT2D eigenvalue weighted by Gasteiger charge is 2.18. The summed E-state index contributed by atoms with van der Waals surface area (Å²) in [6.45, 7) is 4.49. The molecule has 0 bridgehead atoms. The molecular formula is C9H10F2N4O. The lowest BCUT2D eigenvalue weighted by molar-refractivity contribution is 0.136. The van der Waals surface area contributed by atoms with Gasteiger partial charge in [-0.05, 0) is 19.9 Å². The molecule has 2 aromatic rings. The molecule has 0 atom stereocenters. The van der Waals surface area contributed by atoms with Crippen LogP contribution in [0.5, 0.6) is 0 Å². The van der Waals surface area contributed by atoms with Crippen molar-refractivity contribution in [2.24, 2.45) is 0 Å². The van der Waals surface area contributed by atoms with Crippen LogP contribution in [0.15, 0.2) is 10.6 Å². The van der Waals surface area contributed by atoms with E-state index in [2.05, 4.69) is 15.2 Å². The molecule has 0 unspecified atom stereocenters.